The van der Waals surface area contributed by atoms with Crippen LogP contribution < -0.4 is 0 Å². The number of halogens is 1. The zero-order chi connectivity index (χ0) is 13.6. The van der Waals surface area contributed by atoms with Crippen LogP contribution in [0.25, 0.3) is 0 Å². The third-order valence-corrected chi connectivity index (χ3v) is 4.54. The summed E-state index contributed by atoms with van der Waals surface area (Å²) in [6.45, 7) is 4.51. The minimum absolute atomic E-state index is 0.0595. The summed E-state index contributed by atoms with van der Waals surface area (Å²) < 4.78 is 5.24. The van der Waals surface area contributed by atoms with Crippen molar-refractivity contribution >= 4 is 17.6 Å². The van der Waals surface area contributed by atoms with E-state index >= 15 is 0 Å². The number of hydrogen-bond donors (Lipinski definition) is 1. The van der Waals surface area contributed by atoms with Gasteiger partial charge in [-0.3, -0.25) is 4.79 Å². The molecule has 19 heavy (non-hydrogen) atoms. The molecule has 1 aromatic carbocycles. The van der Waals surface area contributed by atoms with Crippen LogP contribution >= 0.6 is 11.6 Å². The molecule has 0 radical (unpaired) electrons. The quantitative estimate of drug-likeness (QED) is 0.668. The smallest absolute Gasteiger partial charge is 0.313 e. The molecular weight excluding hydrogens is 264 g/mol. The molecule has 4 heteroatoms. The predicted molar refractivity (Wildman–Crippen MR) is 72.1 cm³/mol. The lowest BCUT2D eigenvalue weighted by atomic mass is 9.75. The highest BCUT2D eigenvalue weighted by Gasteiger charge is 2.55. The van der Waals surface area contributed by atoms with Crippen molar-refractivity contribution in [3.05, 3.63) is 40.9 Å². The molecule has 2 aliphatic rings. The second kappa shape index (κ2) is 4.27. The number of phenols is 1. The second-order valence-corrected chi connectivity index (χ2v) is 5.95. The van der Waals surface area contributed by atoms with Crippen molar-refractivity contribution < 1.29 is 14.6 Å². The molecule has 0 amide bonds. The van der Waals surface area contributed by atoms with Crippen LogP contribution in [0, 0.1) is 11.3 Å². The lowest BCUT2D eigenvalue weighted by molar-refractivity contribution is -0.146. The number of hydrogen-bond acceptors (Lipinski definition) is 3. The Morgan fingerprint density at radius 3 is 3.05 bits per heavy atom. The Labute approximate surface area is 116 Å². The SMILES string of the molecule is C=C1CC2COC(=O)C2(Cc2ccc(O)c(Cl)c2)C1. The first-order chi connectivity index (χ1) is 9.01. The molecule has 1 aromatic rings. The summed E-state index contributed by atoms with van der Waals surface area (Å²) in [5.74, 6) is 0.157. The third-order valence-electron chi connectivity index (χ3n) is 4.24. The minimum Gasteiger partial charge on any atom is -0.506 e. The Balaban J connectivity index is 1.93. The van der Waals surface area contributed by atoms with Crippen molar-refractivity contribution in [1.82, 2.24) is 0 Å². The van der Waals surface area contributed by atoms with E-state index in [1.54, 1.807) is 18.2 Å². The molecule has 3 rings (SSSR count). The van der Waals surface area contributed by atoms with Gasteiger partial charge in [0, 0.05) is 5.92 Å². The minimum atomic E-state index is -0.475. The molecule has 2 fully saturated rings. The van der Waals surface area contributed by atoms with E-state index in [1.807, 2.05) is 0 Å². The predicted octanol–water partition coefficient (Wildman–Crippen LogP) is 3.10. The number of phenolic OH excluding ortho intramolecular Hbond substituents is 1. The van der Waals surface area contributed by atoms with Crippen LogP contribution in [0.4, 0.5) is 0 Å². The molecule has 0 aromatic heterocycles. The summed E-state index contributed by atoms with van der Waals surface area (Å²) in [5.41, 5.74) is 1.59. The first kappa shape index (κ1) is 12.5. The van der Waals surface area contributed by atoms with Gasteiger partial charge in [0.2, 0.25) is 0 Å². The summed E-state index contributed by atoms with van der Waals surface area (Å²) in [7, 11) is 0. The van der Waals surface area contributed by atoms with Crippen LogP contribution in [0.2, 0.25) is 5.02 Å². The number of rotatable bonds is 2. The summed E-state index contributed by atoms with van der Waals surface area (Å²) in [6.07, 6.45) is 2.14. The first-order valence-corrected chi connectivity index (χ1v) is 6.70. The van der Waals surface area contributed by atoms with Gasteiger partial charge in [-0.2, -0.15) is 0 Å². The van der Waals surface area contributed by atoms with Crippen LogP contribution in [-0.4, -0.2) is 17.7 Å². The summed E-state index contributed by atoms with van der Waals surface area (Å²) in [6, 6.07) is 5.09. The number of cyclic esters (lactones) is 1. The van der Waals surface area contributed by atoms with Gasteiger partial charge in [-0.05, 0) is 37.0 Å². The zero-order valence-corrected chi connectivity index (χ0v) is 11.2. The normalized spacial score (nSPS) is 29.4. The number of carbonyl (C=O) groups is 1. The van der Waals surface area contributed by atoms with Crippen LogP contribution in [0.5, 0.6) is 5.75 Å². The number of benzene rings is 1. The molecule has 1 N–H and O–H groups in total. The molecule has 1 heterocycles. The molecule has 0 bridgehead atoms. The van der Waals surface area contributed by atoms with E-state index in [0.29, 0.717) is 24.5 Å². The number of aromatic hydroxyl groups is 1. The highest BCUT2D eigenvalue weighted by molar-refractivity contribution is 6.32. The molecular formula is C15H15ClO3. The summed E-state index contributed by atoms with van der Waals surface area (Å²) >= 11 is 5.92. The van der Waals surface area contributed by atoms with Gasteiger partial charge in [-0.25, -0.2) is 0 Å². The fourth-order valence-electron chi connectivity index (χ4n) is 3.29. The van der Waals surface area contributed by atoms with Crippen molar-refractivity contribution in [2.45, 2.75) is 19.3 Å². The van der Waals surface area contributed by atoms with Gasteiger partial charge in [0.05, 0.1) is 17.0 Å². The van der Waals surface area contributed by atoms with Crippen LogP contribution in [0.3, 0.4) is 0 Å². The third kappa shape index (κ3) is 1.93. The Bertz CT molecular complexity index is 567. The highest BCUT2D eigenvalue weighted by Crippen LogP contribution is 2.52. The molecule has 2 unspecified atom stereocenters. The van der Waals surface area contributed by atoms with E-state index < -0.39 is 5.41 Å². The lowest BCUT2D eigenvalue weighted by Gasteiger charge is -2.24. The fourth-order valence-corrected chi connectivity index (χ4v) is 3.49. The molecule has 3 nitrogen and oxygen atoms in total. The second-order valence-electron chi connectivity index (χ2n) is 5.54. The average Bonchev–Trinajstić information content (AvgIpc) is 2.81. The maximum absolute atomic E-state index is 12.1. The van der Waals surface area contributed by atoms with Crippen LogP contribution in [-0.2, 0) is 16.0 Å². The lowest BCUT2D eigenvalue weighted by Crippen LogP contribution is -2.31. The van der Waals surface area contributed by atoms with Gasteiger partial charge < -0.3 is 9.84 Å². The maximum atomic E-state index is 12.1. The number of carbonyl (C=O) groups excluding carboxylic acids is 1. The van der Waals surface area contributed by atoms with Gasteiger partial charge in [0.1, 0.15) is 5.75 Å². The van der Waals surface area contributed by atoms with Crippen molar-refractivity contribution in [3.8, 4) is 5.75 Å². The first-order valence-electron chi connectivity index (χ1n) is 6.32. The Morgan fingerprint density at radius 1 is 1.53 bits per heavy atom. The van der Waals surface area contributed by atoms with Gasteiger partial charge in [0.15, 0.2) is 0 Å². The van der Waals surface area contributed by atoms with Crippen molar-refractivity contribution in [2.24, 2.45) is 11.3 Å². The van der Waals surface area contributed by atoms with Crippen molar-refractivity contribution in [3.63, 3.8) is 0 Å². The average molecular weight is 279 g/mol. The number of allylic oxidation sites excluding steroid dienone is 1. The van der Waals surface area contributed by atoms with E-state index in [1.165, 1.54) is 0 Å². The van der Waals surface area contributed by atoms with E-state index in [0.717, 1.165) is 17.6 Å². The van der Waals surface area contributed by atoms with E-state index in [2.05, 4.69) is 6.58 Å². The number of ether oxygens (including phenoxy) is 1. The van der Waals surface area contributed by atoms with E-state index in [9.17, 15) is 9.90 Å². The zero-order valence-electron chi connectivity index (χ0n) is 10.5. The van der Waals surface area contributed by atoms with Gasteiger partial charge in [0.25, 0.3) is 0 Å². The number of fused-ring (bicyclic) bond motifs is 1. The fraction of sp³-hybridized carbons (Fsp3) is 0.400. The Kier molecular flexibility index (Phi) is 2.82. The Morgan fingerprint density at radius 2 is 2.32 bits per heavy atom. The molecule has 1 aliphatic heterocycles. The largest absolute Gasteiger partial charge is 0.506 e. The van der Waals surface area contributed by atoms with Crippen LogP contribution in [0.15, 0.2) is 30.4 Å². The molecule has 0 spiro atoms. The Hall–Kier alpha value is -1.48. The van der Waals surface area contributed by atoms with Gasteiger partial charge in [-0.1, -0.05) is 29.8 Å². The molecule has 100 valence electrons. The number of esters is 1. The molecule has 1 saturated heterocycles. The van der Waals surface area contributed by atoms with Gasteiger partial charge in [-0.15, -0.1) is 0 Å². The van der Waals surface area contributed by atoms with Crippen molar-refractivity contribution in [2.75, 3.05) is 6.61 Å². The highest BCUT2D eigenvalue weighted by atomic mass is 35.5. The topological polar surface area (TPSA) is 46.5 Å². The molecule has 1 saturated carbocycles. The summed E-state index contributed by atoms with van der Waals surface area (Å²) in [5, 5.41) is 9.76. The monoisotopic (exact) mass is 278 g/mol. The van der Waals surface area contributed by atoms with Crippen LogP contribution in [0.1, 0.15) is 18.4 Å². The maximum Gasteiger partial charge on any atom is 0.313 e. The molecule has 1 aliphatic carbocycles. The standard InChI is InChI=1S/C15H15ClO3/c1-9-4-11-8-19-14(18)15(11,6-9)7-10-2-3-13(17)12(16)5-10/h2-3,5,11,17H,1,4,6-8H2. The molecule has 2 atom stereocenters. The van der Waals surface area contributed by atoms with E-state index in [4.69, 9.17) is 16.3 Å². The van der Waals surface area contributed by atoms with Gasteiger partial charge >= 0.3 is 5.97 Å². The van der Waals surface area contributed by atoms with Crippen molar-refractivity contribution in [1.29, 1.82) is 0 Å². The summed E-state index contributed by atoms with van der Waals surface area (Å²) in [4.78, 5) is 12.1. The van der Waals surface area contributed by atoms with E-state index in [-0.39, 0.29) is 17.6 Å².